The maximum absolute atomic E-state index is 12.2. The molecule has 118 valence electrons. The summed E-state index contributed by atoms with van der Waals surface area (Å²) in [6, 6.07) is 5.06. The molecule has 0 saturated carbocycles. The molecule has 0 saturated heterocycles. The number of hydrogen-bond acceptors (Lipinski definition) is 4. The Balaban J connectivity index is 2.55. The first-order valence-electron chi connectivity index (χ1n) is 6.74. The number of amides is 1. The predicted molar refractivity (Wildman–Crippen MR) is 87.9 cm³/mol. The van der Waals surface area contributed by atoms with Crippen LogP contribution in [0.2, 0.25) is 0 Å². The molecule has 0 aliphatic carbocycles. The van der Waals surface area contributed by atoms with Gasteiger partial charge in [-0.3, -0.25) is 4.79 Å². The Bertz CT molecular complexity index is 643. The Morgan fingerprint density at radius 3 is 2.64 bits per heavy atom. The summed E-state index contributed by atoms with van der Waals surface area (Å²) in [5.74, 6) is 1.12. The van der Waals surface area contributed by atoms with Gasteiger partial charge >= 0.3 is 0 Å². The van der Waals surface area contributed by atoms with Crippen LogP contribution in [-0.2, 0) is 4.79 Å². The van der Waals surface area contributed by atoms with Gasteiger partial charge in [0.15, 0.2) is 5.11 Å². The molecular formula is C15H19N3O3S. The highest BCUT2D eigenvalue weighted by Gasteiger charge is 2.31. The van der Waals surface area contributed by atoms with Crippen molar-refractivity contribution in [2.75, 3.05) is 21.3 Å². The molecule has 2 rings (SSSR count). The third-order valence-electron chi connectivity index (χ3n) is 3.49. The molecule has 0 radical (unpaired) electrons. The van der Waals surface area contributed by atoms with E-state index in [-0.39, 0.29) is 5.91 Å². The Labute approximate surface area is 134 Å². The van der Waals surface area contributed by atoms with Gasteiger partial charge in [-0.2, -0.15) is 0 Å². The molecule has 22 heavy (non-hydrogen) atoms. The van der Waals surface area contributed by atoms with Crippen molar-refractivity contribution in [2.45, 2.75) is 13.0 Å². The molecule has 1 amide bonds. The lowest BCUT2D eigenvalue weighted by molar-refractivity contribution is -0.117. The van der Waals surface area contributed by atoms with Crippen LogP contribution in [0.15, 0.2) is 29.5 Å². The minimum Gasteiger partial charge on any atom is -0.497 e. The summed E-state index contributed by atoms with van der Waals surface area (Å²) >= 11 is 5.21. The number of rotatable bonds is 4. The number of carbonyl (C=O) groups excluding carboxylic acids is 1. The zero-order chi connectivity index (χ0) is 16.3. The minimum atomic E-state index is -0.394. The van der Waals surface area contributed by atoms with Crippen LogP contribution in [-0.4, -0.2) is 32.3 Å². The van der Waals surface area contributed by atoms with Crippen LogP contribution in [0.1, 0.15) is 18.5 Å². The van der Waals surface area contributed by atoms with Crippen LogP contribution in [0.4, 0.5) is 0 Å². The van der Waals surface area contributed by atoms with E-state index in [1.54, 1.807) is 27.3 Å². The maximum Gasteiger partial charge on any atom is 0.251 e. The first kappa shape index (κ1) is 16.1. The predicted octanol–water partition coefficient (Wildman–Crippen LogP) is 1.24. The summed E-state index contributed by atoms with van der Waals surface area (Å²) in [7, 11) is 4.76. The van der Waals surface area contributed by atoms with Crippen molar-refractivity contribution in [3.05, 3.63) is 35.0 Å². The number of nitrogens with one attached hydrogen (secondary N) is 3. The highest BCUT2D eigenvalue weighted by atomic mass is 32.1. The van der Waals surface area contributed by atoms with E-state index in [1.807, 2.05) is 19.1 Å². The molecule has 1 heterocycles. The molecule has 1 aliphatic heterocycles. The van der Waals surface area contributed by atoms with Crippen molar-refractivity contribution in [3.63, 3.8) is 0 Å². The second-order valence-electron chi connectivity index (χ2n) is 4.76. The van der Waals surface area contributed by atoms with Crippen molar-refractivity contribution in [2.24, 2.45) is 0 Å². The number of methoxy groups -OCH3 is 2. The number of thiocarbonyl (C=S) groups is 1. The summed E-state index contributed by atoms with van der Waals surface area (Å²) in [5.41, 5.74) is 2.09. The van der Waals surface area contributed by atoms with Gasteiger partial charge in [0, 0.05) is 24.4 Å². The summed E-state index contributed by atoms with van der Waals surface area (Å²) in [6.45, 7) is 1.82. The molecule has 0 fully saturated rings. The van der Waals surface area contributed by atoms with Crippen molar-refractivity contribution in [1.29, 1.82) is 0 Å². The highest BCUT2D eigenvalue weighted by molar-refractivity contribution is 7.80. The number of allylic oxidation sites excluding steroid dienone is 1. The smallest absolute Gasteiger partial charge is 0.251 e. The second kappa shape index (κ2) is 6.65. The van der Waals surface area contributed by atoms with Gasteiger partial charge in [-0.15, -0.1) is 0 Å². The molecule has 1 aliphatic rings. The summed E-state index contributed by atoms with van der Waals surface area (Å²) in [5, 5.41) is 9.22. The van der Waals surface area contributed by atoms with E-state index >= 15 is 0 Å². The number of likely N-dealkylation sites (N-methyl/N-ethyl adjacent to an activating group) is 1. The molecule has 3 N–H and O–H groups in total. The summed E-state index contributed by atoms with van der Waals surface area (Å²) in [6.07, 6.45) is 0. The van der Waals surface area contributed by atoms with Gasteiger partial charge in [-0.25, -0.2) is 0 Å². The lowest BCUT2D eigenvalue weighted by Gasteiger charge is -2.31. The fourth-order valence-corrected chi connectivity index (χ4v) is 2.69. The molecule has 0 bridgehead atoms. The molecule has 6 nitrogen and oxygen atoms in total. The van der Waals surface area contributed by atoms with E-state index in [9.17, 15) is 4.79 Å². The van der Waals surface area contributed by atoms with E-state index in [2.05, 4.69) is 16.0 Å². The molecule has 7 heteroatoms. The maximum atomic E-state index is 12.2. The van der Waals surface area contributed by atoms with E-state index < -0.39 is 6.04 Å². The Kier molecular flexibility index (Phi) is 4.87. The van der Waals surface area contributed by atoms with E-state index in [1.165, 1.54) is 0 Å². The first-order chi connectivity index (χ1) is 10.5. The molecule has 1 unspecified atom stereocenters. The van der Waals surface area contributed by atoms with Gasteiger partial charge in [-0.1, -0.05) is 0 Å². The fraction of sp³-hybridized carbons (Fsp3) is 0.333. The molecular weight excluding hydrogens is 302 g/mol. The summed E-state index contributed by atoms with van der Waals surface area (Å²) < 4.78 is 10.6. The van der Waals surface area contributed by atoms with Crippen LogP contribution < -0.4 is 25.4 Å². The molecule has 0 spiro atoms. The SMILES string of the molecule is CNC(=O)C1=C(C)NC(=S)NC1c1ccc(OC)cc1OC. The number of hydrogen-bond donors (Lipinski definition) is 3. The van der Waals surface area contributed by atoms with Gasteiger partial charge in [0.2, 0.25) is 0 Å². The zero-order valence-electron chi connectivity index (χ0n) is 12.9. The second-order valence-corrected chi connectivity index (χ2v) is 5.17. The van der Waals surface area contributed by atoms with Crippen LogP contribution in [0, 0.1) is 0 Å². The van der Waals surface area contributed by atoms with Crippen LogP contribution in [0.3, 0.4) is 0 Å². The molecule has 1 aromatic rings. The first-order valence-corrected chi connectivity index (χ1v) is 7.15. The average Bonchev–Trinajstić information content (AvgIpc) is 2.52. The summed E-state index contributed by atoms with van der Waals surface area (Å²) in [4.78, 5) is 12.2. The normalized spacial score (nSPS) is 17.5. The topological polar surface area (TPSA) is 71.6 Å². The number of ether oxygens (including phenoxy) is 2. The van der Waals surface area contributed by atoms with E-state index in [0.29, 0.717) is 27.9 Å². The fourth-order valence-electron chi connectivity index (χ4n) is 2.42. The van der Waals surface area contributed by atoms with Crippen LogP contribution in [0.5, 0.6) is 11.5 Å². The zero-order valence-corrected chi connectivity index (χ0v) is 13.8. The van der Waals surface area contributed by atoms with Gasteiger partial charge < -0.3 is 25.4 Å². The standard InChI is InChI=1S/C15H19N3O3S/c1-8-12(14(19)16-2)13(18-15(22)17-8)10-6-5-9(20-3)7-11(10)21-4/h5-7,13H,1-4H3,(H,16,19)(H2,17,18,22). The number of carbonyl (C=O) groups is 1. The number of benzene rings is 1. The Morgan fingerprint density at radius 1 is 1.32 bits per heavy atom. The van der Waals surface area contributed by atoms with E-state index in [0.717, 1.165) is 5.56 Å². The van der Waals surface area contributed by atoms with E-state index in [4.69, 9.17) is 21.7 Å². The quantitative estimate of drug-likeness (QED) is 0.725. The van der Waals surface area contributed by atoms with Crippen molar-refractivity contribution in [3.8, 4) is 11.5 Å². The minimum absolute atomic E-state index is 0.178. The lowest BCUT2D eigenvalue weighted by Crippen LogP contribution is -2.46. The monoisotopic (exact) mass is 321 g/mol. The Hall–Kier alpha value is -2.28. The van der Waals surface area contributed by atoms with Gasteiger partial charge in [0.05, 0.1) is 25.8 Å². The van der Waals surface area contributed by atoms with Gasteiger partial charge in [0.1, 0.15) is 11.5 Å². The van der Waals surface area contributed by atoms with Crippen molar-refractivity contribution < 1.29 is 14.3 Å². The van der Waals surface area contributed by atoms with Crippen molar-refractivity contribution in [1.82, 2.24) is 16.0 Å². The molecule has 0 aromatic heterocycles. The van der Waals surface area contributed by atoms with Crippen molar-refractivity contribution >= 4 is 23.2 Å². The van der Waals surface area contributed by atoms with Crippen LogP contribution in [0.25, 0.3) is 0 Å². The lowest BCUT2D eigenvalue weighted by atomic mass is 9.94. The van der Waals surface area contributed by atoms with Gasteiger partial charge in [0.25, 0.3) is 5.91 Å². The Morgan fingerprint density at radius 2 is 2.05 bits per heavy atom. The average molecular weight is 321 g/mol. The van der Waals surface area contributed by atoms with Gasteiger partial charge in [-0.05, 0) is 31.3 Å². The largest absolute Gasteiger partial charge is 0.497 e. The third-order valence-corrected chi connectivity index (χ3v) is 3.71. The third kappa shape index (κ3) is 2.99. The van der Waals surface area contributed by atoms with Crippen LogP contribution >= 0.6 is 12.2 Å². The molecule has 1 aromatic carbocycles. The molecule has 1 atom stereocenters. The highest BCUT2D eigenvalue weighted by Crippen LogP contribution is 2.35.